The van der Waals surface area contributed by atoms with Gasteiger partial charge in [-0.1, -0.05) is 6.07 Å². The molecule has 1 aromatic rings. The van der Waals surface area contributed by atoms with Gasteiger partial charge in [-0.3, -0.25) is 0 Å². The molecule has 0 spiro atoms. The zero-order chi connectivity index (χ0) is 11.0. The lowest BCUT2D eigenvalue weighted by Gasteiger charge is -2.18. The highest BCUT2D eigenvalue weighted by molar-refractivity contribution is 5.49. The largest absolute Gasteiger partial charge is 0.507 e. The van der Waals surface area contributed by atoms with Crippen LogP contribution < -0.4 is 0 Å². The smallest absolute Gasteiger partial charge is 0.124 e. The average molecular weight is 206 g/mol. The molecule has 1 aromatic carbocycles. The summed E-state index contributed by atoms with van der Waals surface area (Å²) in [7, 11) is 0. The van der Waals surface area contributed by atoms with Gasteiger partial charge >= 0.3 is 0 Å². The van der Waals surface area contributed by atoms with E-state index >= 15 is 0 Å². The van der Waals surface area contributed by atoms with Gasteiger partial charge in [0.15, 0.2) is 0 Å². The minimum absolute atomic E-state index is 0.101. The lowest BCUT2D eigenvalue weighted by Crippen LogP contribution is -2.01. The molecule has 15 heavy (non-hydrogen) atoms. The van der Waals surface area contributed by atoms with Crippen molar-refractivity contribution in [3.63, 3.8) is 0 Å². The topological polar surface area (TPSA) is 29.5 Å². The van der Waals surface area contributed by atoms with Gasteiger partial charge in [0.1, 0.15) is 5.75 Å². The predicted molar refractivity (Wildman–Crippen MR) is 60.2 cm³/mol. The Hall–Kier alpha value is -1.02. The lowest BCUT2D eigenvalue weighted by molar-refractivity contribution is 0.109. The Balaban J connectivity index is 2.50. The molecule has 0 aromatic heterocycles. The first-order valence-electron chi connectivity index (χ1n) is 5.52. The minimum Gasteiger partial charge on any atom is -0.507 e. The van der Waals surface area contributed by atoms with Crippen LogP contribution in [0.1, 0.15) is 41.2 Å². The number of ether oxygens (including phenoxy) is 1. The van der Waals surface area contributed by atoms with Gasteiger partial charge in [-0.05, 0) is 50.3 Å². The standard InChI is InChI=1S/C13H18O2/c1-8-7-9(2)12(13(14)10(8)3)11-5-4-6-15-11/h7,11,14H,4-6H2,1-3H3. The molecule has 0 radical (unpaired) electrons. The molecular weight excluding hydrogens is 188 g/mol. The lowest BCUT2D eigenvalue weighted by atomic mass is 9.94. The maximum atomic E-state index is 10.1. The molecule has 1 N–H and O–H groups in total. The normalized spacial score (nSPS) is 20.9. The summed E-state index contributed by atoms with van der Waals surface area (Å²) in [4.78, 5) is 0. The molecule has 2 rings (SSSR count). The van der Waals surface area contributed by atoms with E-state index in [0.29, 0.717) is 5.75 Å². The van der Waals surface area contributed by atoms with E-state index < -0.39 is 0 Å². The van der Waals surface area contributed by atoms with Crippen molar-refractivity contribution in [3.05, 3.63) is 28.3 Å². The summed E-state index contributed by atoms with van der Waals surface area (Å²) in [6.07, 6.45) is 2.22. The molecule has 0 saturated carbocycles. The van der Waals surface area contributed by atoms with E-state index in [1.165, 1.54) is 0 Å². The molecular formula is C13H18O2. The maximum Gasteiger partial charge on any atom is 0.124 e. The van der Waals surface area contributed by atoms with Gasteiger partial charge < -0.3 is 9.84 Å². The maximum absolute atomic E-state index is 10.1. The van der Waals surface area contributed by atoms with Crippen molar-refractivity contribution in [2.75, 3.05) is 6.61 Å². The summed E-state index contributed by atoms with van der Waals surface area (Å²) >= 11 is 0. The number of aryl methyl sites for hydroxylation is 2. The second-order valence-corrected chi connectivity index (χ2v) is 4.40. The van der Waals surface area contributed by atoms with Crippen LogP contribution in [0.4, 0.5) is 0 Å². The highest BCUT2D eigenvalue weighted by Crippen LogP contribution is 2.39. The van der Waals surface area contributed by atoms with E-state index in [1.807, 2.05) is 20.8 Å². The van der Waals surface area contributed by atoms with Gasteiger partial charge in [0, 0.05) is 12.2 Å². The Morgan fingerprint density at radius 1 is 1.27 bits per heavy atom. The molecule has 82 valence electrons. The summed E-state index contributed by atoms with van der Waals surface area (Å²) in [5, 5.41) is 10.1. The average Bonchev–Trinajstić information content (AvgIpc) is 2.68. The van der Waals surface area contributed by atoms with E-state index in [9.17, 15) is 5.11 Å². The van der Waals surface area contributed by atoms with Crippen LogP contribution in [-0.2, 0) is 4.74 Å². The fourth-order valence-electron chi connectivity index (χ4n) is 2.30. The van der Waals surface area contributed by atoms with Gasteiger partial charge in [0.2, 0.25) is 0 Å². The molecule has 2 heteroatoms. The van der Waals surface area contributed by atoms with Crippen LogP contribution in [-0.4, -0.2) is 11.7 Å². The molecule has 2 nitrogen and oxygen atoms in total. The summed E-state index contributed by atoms with van der Waals surface area (Å²) in [5.74, 6) is 0.430. The fraction of sp³-hybridized carbons (Fsp3) is 0.538. The van der Waals surface area contributed by atoms with E-state index in [4.69, 9.17) is 4.74 Å². The second-order valence-electron chi connectivity index (χ2n) is 4.40. The molecule has 1 atom stereocenters. The first-order chi connectivity index (χ1) is 7.11. The third kappa shape index (κ3) is 1.74. The molecule has 1 aliphatic rings. The SMILES string of the molecule is Cc1cc(C)c(C2CCCO2)c(O)c1C. The number of hydrogen-bond donors (Lipinski definition) is 1. The minimum atomic E-state index is 0.101. The van der Waals surface area contributed by atoms with Crippen LogP contribution in [0.5, 0.6) is 5.75 Å². The van der Waals surface area contributed by atoms with Crippen LogP contribution in [0, 0.1) is 20.8 Å². The molecule has 0 aliphatic carbocycles. The third-order valence-corrected chi connectivity index (χ3v) is 3.31. The first-order valence-corrected chi connectivity index (χ1v) is 5.52. The molecule has 1 aliphatic heterocycles. The Morgan fingerprint density at radius 3 is 2.60 bits per heavy atom. The summed E-state index contributed by atoms with van der Waals surface area (Å²) in [6, 6.07) is 2.13. The number of hydrogen-bond acceptors (Lipinski definition) is 2. The summed E-state index contributed by atoms with van der Waals surface area (Å²) in [6.45, 7) is 6.85. The monoisotopic (exact) mass is 206 g/mol. The van der Waals surface area contributed by atoms with Crippen LogP contribution in [0.2, 0.25) is 0 Å². The van der Waals surface area contributed by atoms with Crippen molar-refractivity contribution in [2.24, 2.45) is 0 Å². The predicted octanol–water partition coefficient (Wildman–Crippen LogP) is 3.17. The Bertz CT molecular complexity index is 377. The van der Waals surface area contributed by atoms with Gasteiger partial charge in [-0.2, -0.15) is 0 Å². The molecule has 0 amide bonds. The molecule has 1 fully saturated rings. The van der Waals surface area contributed by atoms with Crippen LogP contribution in [0.15, 0.2) is 6.07 Å². The van der Waals surface area contributed by atoms with E-state index in [2.05, 4.69) is 6.07 Å². The molecule has 0 bridgehead atoms. The highest BCUT2D eigenvalue weighted by atomic mass is 16.5. The van der Waals surface area contributed by atoms with Gasteiger partial charge in [0.05, 0.1) is 6.10 Å². The third-order valence-electron chi connectivity index (χ3n) is 3.31. The van der Waals surface area contributed by atoms with E-state index in [0.717, 1.165) is 41.7 Å². The van der Waals surface area contributed by atoms with Crippen LogP contribution in [0.25, 0.3) is 0 Å². The quantitative estimate of drug-likeness (QED) is 0.764. The summed E-state index contributed by atoms with van der Waals surface area (Å²) in [5.41, 5.74) is 4.26. The van der Waals surface area contributed by atoms with Crippen molar-refractivity contribution < 1.29 is 9.84 Å². The number of phenols is 1. The second kappa shape index (κ2) is 3.86. The van der Waals surface area contributed by atoms with Crippen molar-refractivity contribution in [1.82, 2.24) is 0 Å². The zero-order valence-electron chi connectivity index (χ0n) is 9.63. The van der Waals surface area contributed by atoms with Crippen LogP contribution >= 0.6 is 0 Å². The van der Waals surface area contributed by atoms with Gasteiger partial charge in [0.25, 0.3) is 0 Å². The number of rotatable bonds is 1. The van der Waals surface area contributed by atoms with Crippen molar-refractivity contribution in [3.8, 4) is 5.75 Å². The Kier molecular flexibility index (Phi) is 2.70. The molecule has 1 heterocycles. The molecule has 1 unspecified atom stereocenters. The van der Waals surface area contributed by atoms with Crippen molar-refractivity contribution in [2.45, 2.75) is 39.7 Å². The Labute approximate surface area is 90.9 Å². The number of aromatic hydroxyl groups is 1. The van der Waals surface area contributed by atoms with Gasteiger partial charge in [-0.25, -0.2) is 0 Å². The first kappa shape index (κ1) is 10.5. The zero-order valence-corrected chi connectivity index (χ0v) is 9.63. The van der Waals surface area contributed by atoms with E-state index in [1.54, 1.807) is 0 Å². The van der Waals surface area contributed by atoms with Crippen LogP contribution in [0.3, 0.4) is 0 Å². The number of phenolic OH excluding ortho intramolecular Hbond substituents is 1. The fourth-order valence-corrected chi connectivity index (χ4v) is 2.30. The van der Waals surface area contributed by atoms with Crippen molar-refractivity contribution >= 4 is 0 Å². The van der Waals surface area contributed by atoms with Gasteiger partial charge in [-0.15, -0.1) is 0 Å². The van der Waals surface area contributed by atoms with Crippen molar-refractivity contribution in [1.29, 1.82) is 0 Å². The number of benzene rings is 1. The van der Waals surface area contributed by atoms with E-state index in [-0.39, 0.29) is 6.10 Å². The molecule has 1 saturated heterocycles. The Morgan fingerprint density at radius 2 is 2.00 bits per heavy atom. The highest BCUT2D eigenvalue weighted by Gasteiger charge is 2.24. The summed E-state index contributed by atoms with van der Waals surface area (Å²) < 4.78 is 5.64.